The highest BCUT2D eigenvalue weighted by atomic mass is 16.5. The molecule has 0 saturated heterocycles. The minimum Gasteiger partial charge on any atom is -0.439 e. The van der Waals surface area contributed by atoms with Gasteiger partial charge >= 0.3 is 0 Å². The molecule has 3 aromatic heterocycles. The van der Waals surface area contributed by atoms with Crippen molar-refractivity contribution >= 4 is 5.65 Å². The molecular weight excluding hydrogens is 378 g/mol. The SMILES string of the molecule is Cn1nc(C2CC2)cc1Oc1cc(C#N)ccc1-c1cccn2c(CCN)nnc12. The van der Waals surface area contributed by atoms with E-state index in [0.717, 1.165) is 28.3 Å². The van der Waals surface area contributed by atoms with Gasteiger partial charge in [0.15, 0.2) is 5.65 Å². The van der Waals surface area contributed by atoms with Gasteiger partial charge in [0.05, 0.1) is 17.3 Å². The Kier molecular flexibility index (Phi) is 4.45. The van der Waals surface area contributed by atoms with Crippen LogP contribution in [0.15, 0.2) is 42.6 Å². The van der Waals surface area contributed by atoms with Gasteiger partial charge in [-0.1, -0.05) is 0 Å². The van der Waals surface area contributed by atoms with Crippen LogP contribution in [-0.4, -0.2) is 30.9 Å². The fourth-order valence-electron chi connectivity index (χ4n) is 3.63. The largest absolute Gasteiger partial charge is 0.439 e. The lowest BCUT2D eigenvalue weighted by Crippen LogP contribution is -2.06. The van der Waals surface area contributed by atoms with Gasteiger partial charge in [0.2, 0.25) is 5.88 Å². The summed E-state index contributed by atoms with van der Waals surface area (Å²) in [4.78, 5) is 0. The Bertz CT molecular complexity index is 1280. The molecule has 1 aromatic carbocycles. The van der Waals surface area contributed by atoms with E-state index in [1.807, 2.05) is 41.9 Å². The van der Waals surface area contributed by atoms with E-state index in [1.54, 1.807) is 16.8 Å². The fraction of sp³-hybridized carbons (Fsp3) is 0.273. The van der Waals surface area contributed by atoms with Gasteiger partial charge in [-0.25, -0.2) is 4.68 Å². The average Bonchev–Trinajstić information content (AvgIpc) is 3.44. The Labute approximate surface area is 173 Å². The van der Waals surface area contributed by atoms with E-state index in [1.165, 1.54) is 12.8 Å². The predicted octanol–water partition coefficient (Wildman–Crippen LogP) is 3.17. The molecule has 30 heavy (non-hydrogen) atoms. The molecule has 150 valence electrons. The van der Waals surface area contributed by atoms with E-state index < -0.39 is 0 Å². The van der Waals surface area contributed by atoms with Crippen LogP contribution in [0.3, 0.4) is 0 Å². The first kappa shape index (κ1) is 18.3. The number of hydrogen-bond acceptors (Lipinski definition) is 6. The van der Waals surface area contributed by atoms with E-state index in [9.17, 15) is 5.26 Å². The van der Waals surface area contributed by atoms with Crippen LogP contribution in [0.5, 0.6) is 11.6 Å². The van der Waals surface area contributed by atoms with Crippen molar-refractivity contribution in [2.24, 2.45) is 12.8 Å². The lowest BCUT2D eigenvalue weighted by molar-refractivity contribution is 0.432. The smallest absolute Gasteiger partial charge is 0.217 e. The van der Waals surface area contributed by atoms with Crippen LogP contribution in [0.4, 0.5) is 0 Å². The number of nitrogens with zero attached hydrogens (tertiary/aromatic N) is 6. The van der Waals surface area contributed by atoms with Gasteiger partial charge in [0, 0.05) is 42.8 Å². The number of nitriles is 1. The van der Waals surface area contributed by atoms with Gasteiger partial charge < -0.3 is 10.5 Å². The number of pyridine rings is 1. The highest BCUT2D eigenvalue weighted by molar-refractivity contribution is 5.82. The molecule has 1 aliphatic carbocycles. The molecule has 8 nitrogen and oxygen atoms in total. The molecule has 4 aromatic rings. The molecule has 2 N–H and O–H groups in total. The van der Waals surface area contributed by atoms with Crippen LogP contribution >= 0.6 is 0 Å². The molecule has 3 heterocycles. The Morgan fingerprint density at radius 2 is 2.07 bits per heavy atom. The summed E-state index contributed by atoms with van der Waals surface area (Å²) in [6, 6.07) is 13.5. The summed E-state index contributed by atoms with van der Waals surface area (Å²) in [5, 5.41) is 22.6. The maximum atomic E-state index is 9.40. The van der Waals surface area contributed by atoms with E-state index in [2.05, 4.69) is 21.4 Å². The fourth-order valence-corrected chi connectivity index (χ4v) is 3.63. The molecule has 0 aliphatic heterocycles. The zero-order valence-corrected chi connectivity index (χ0v) is 16.6. The molecule has 1 saturated carbocycles. The van der Waals surface area contributed by atoms with Gasteiger partial charge in [0.1, 0.15) is 11.6 Å². The number of fused-ring (bicyclic) bond motifs is 1. The highest BCUT2D eigenvalue weighted by Gasteiger charge is 2.27. The van der Waals surface area contributed by atoms with Crippen LogP contribution in [-0.2, 0) is 13.5 Å². The van der Waals surface area contributed by atoms with Gasteiger partial charge in [-0.15, -0.1) is 10.2 Å². The normalized spacial score (nSPS) is 13.5. The Morgan fingerprint density at radius 3 is 2.83 bits per heavy atom. The summed E-state index contributed by atoms with van der Waals surface area (Å²) >= 11 is 0. The van der Waals surface area contributed by atoms with Crippen molar-refractivity contribution in [2.75, 3.05) is 6.54 Å². The lowest BCUT2D eigenvalue weighted by atomic mass is 10.0. The van der Waals surface area contributed by atoms with Gasteiger partial charge in [-0.2, -0.15) is 10.4 Å². The summed E-state index contributed by atoms with van der Waals surface area (Å²) in [6.07, 6.45) is 4.91. The number of hydrogen-bond donors (Lipinski definition) is 1. The molecule has 8 heteroatoms. The summed E-state index contributed by atoms with van der Waals surface area (Å²) in [5.41, 5.74) is 9.71. The van der Waals surface area contributed by atoms with Crippen molar-refractivity contribution in [3.8, 4) is 28.8 Å². The predicted molar refractivity (Wildman–Crippen MR) is 111 cm³/mol. The molecule has 0 atom stereocenters. The first-order chi connectivity index (χ1) is 14.7. The monoisotopic (exact) mass is 399 g/mol. The van der Waals surface area contributed by atoms with Crippen molar-refractivity contribution in [1.82, 2.24) is 24.4 Å². The number of rotatable bonds is 6. The quantitative estimate of drug-likeness (QED) is 0.534. The van der Waals surface area contributed by atoms with Crippen molar-refractivity contribution in [3.05, 3.63) is 59.7 Å². The maximum Gasteiger partial charge on any atom is 0.217 e. The average molecular weight is 399 g/mol. The van der Waals surface area contributed by atoms with Gasteiger partial charge in [0.25, 0.3) is 0 Å². The second-order valence-electron chi connectivity index (χ2n) is 7.50. The Morgan fingerprint density at radius 1 is 1.20 bits per heavy atom. The first-order valence-electron chi connectivity index (χ1n) is 9.97. The molecular formula is C22H21N7O. The molecule has 5 rings (SSSR count). The molecule has 0 amide bonds. The Hall–Kier alpha value is -3.70. The molecule has 0 spiro atoms. The number of nitrogens with two attached hydrogens (primary N) is 1. The van der Waals surface area contributed by atoms with Crippen LogP contribution in [0.25, 0.3) is 16.8 Å². The summed E-state index contributed by atoms with van der Waals surface area (Å²) < 4.78 is 9.96. The number of ether oxygens (including phenoxy) is 1. The zero-order valence-electron chi connectivity index (χ0n) is 16.6. The Balaban J connectivity index is 1.61. The van der Waals surface area contributed by atoms with Crippen molar-refractivity contribution < 1.29 is 4.74 Å². The van der Waals surface area contributed by atoms with E-state index in [-0.39, 0.29) is 0 Å². The standard InChI is InChI=1S/C22H21N7O/c1-28-21(12-18(27-28)15-5-6-15)30-19-11-14(13-24)4-7-16(19)17-3-2-10-29-20(8-9-23)25-26-22(17)29/h2-4,7,10-12,15H,5-6,8-9,23H2,1H3. The maximum absolute atomic E-state index is 9.40. The van der Waals surface area contributed by atoms with Crippen molar-refractivity contribution in [3.63, 3.8) is 0 Å². The zero-order chi connectivity index (χ0) is 20.7. The summed E-state index contributed by atoms with van der Waals surface area (Å²) in [6.45, 7) is 0.500. The summed E-state index contributed by atoms with van der Waals surface area (Å²) in [7, 11) is 1.87. The lowest BCUT2D eigenvalue weighted by Gasteiger charge is -2.12. The van der Waals surface area contributed by atoms with E-state index >= 15 is 0 Å². The molecule has 0 bridgehead atoms. The number of aryl methyl sites for hydroxylation is 1. The van der Waals surface area contributed by atoms with Gasteiger partial charge in [-0.3, -0.25) is 4.40 Å². The third-order valence-corrected chi connectivity index (χ3v) is 5.34. The minimum atomic E-state index is 0.500. The van der Waals surface area contributed by atoms with Crippen LogP contribution in [0.1, 0.15) is 35.8 Å². The molecule has 1 aliphatic rings. The van der Waals surface area contributed by atoms with Crippen LogP contribution in [0, 0.1) is 11.3 Å². The molecule has 0 radical (unpaired) electrons. The van der Waals surface area contributed by atoms with E-state index in [0.29, 0.717) is 36.1 Å². The summed E-state index contributed by atoms with van der Waals surface area (Å²) in [5.74, 6) is 2.57. The van der Waals surface area contributed by atoms with Crippen molar-refractivity contribution in [1.29, 1.82) is 5.26 Å². The number of aromatic nitrogens is 5. The topological polar surface area (TPSA) is 107 Å². The first-order valence-corrected chi connectivity index (χ1v) is 9.97. The number of benzene rings is 1. The molecule has 1 fully saturated rings. The van der Waals surface area contributed by atoms with Crippen LogP contribution < -0.4 is 10.5 Å². The third kappa shape index (κ3) is 3.19. The highest BCUT2D eigenvalue weighted by Crippen LogP contribution is 2.42. The van der Waals surface area contributed by atoms with E-state index in [4.69, 9.17) is 10.5 Å². The third-order valence-electron chi connectivity index (χ3n) is 5.34. The van der Waals surface area contributed by atoms with Crippen LogP contribution in [0.2, 0.25) is 0 Å². The second kappa shape index (κ2) is 7.28. The molecule has 0 unspecified atom stereocenters. The van der Waals surface area contributed by atoms with Gasteiger partial charge in [-0.05, 0) is 49.7 Å². The minimum absolute atomic E-state index is 0.500. The second-order valence-corrected chi connectivity index (χ2v) is 7.50. The van der Waals surface area contributed by atoms with Crippen molar-refractivity contribution in [2.45, 2.75) is 25.2 Å².